The zero-order chi connectivity index (χ0) is 15.0. The summed E-state index contributed by atoms with van der Waals surface area (Å²) in [6.07, 6.45) is 0. The summed E-state index contributed by atoms with van der Waals surface area (Å²) >= 11 is 1.78. The second-order valence-corrected chi connectivity index (χ2v) is 6.36. The summed E-state index contributed by atoms with van der Waals surface area (Å²) in [5, 5.41) is 4.00. The zero-order valence-corrected chi connectivity index (χ0v) is 12.9. The smallest absolute Gasteiger partial charge is 0.297 e. The maximum Gasteiger partial charge on any atom is 0.297 e. The number of benzene rings is 1. The Labute approximate surface area is 127 Å². The number of hydrogen-bond donors (Lipinski definition) is 0. The number of para-hydroxylation sites is 1. The minimum absolute atomic E-state index is 0.0634. The maximum absolute atomic E-state index is 12.8. The topological polar surface area (TPSA) is 55.6 Å². The fourth-order valence-corrected chi connectivity index (χ4v) is 3.52. The van der Waals surface area contributed by atoms with Gasteiger partial charge in [-0.1, -0.05) is 19.1 Å². The van der Waals surface area contributed by atoms with Crippen LogP contribution < -0.4 is 9.64 Å². The van der Waals surface area contributed by atoms with Crippen molar-refractivity contribution < 1.29 is 14.1 Å². The average Bonchev–Trinajstić information content (AvgIpc) is 2.97. The summed E-state index contributed by atoms with van der Waals surface area (Å²) in [7, 11) is 1.49. The van der Waals surface area contributed by atoms with E-state index in [1.165, 1.54) is 13.2 Å². The molecule has 0 aliphatic carbocycles. The molecule has 2 atom stereocenters. The Bertz CT molecular complexity index is 670. The highest BCUT2D eigenvalue weighted by Gasteiger charge is 2.35. The van der Waals surface area contributed by atoms with Gasteiger partial charge in [0.2, 0.25) is 5.76 Å². The minimum atomic E-state index is -0.196. The number of amides is 1. The van der Waals surface area contributed by atoms with Gasteiger partial charge in [0.05, 0.1) is 18.9 Å². The van der Waals surface area contributed by atoms with Crippen LogP contribution in [0.25, 0.3) is 0 Å². The van der Waals surface area contributed by atoms with Gasteiger partial charge in [-0.05, 0) is 24.2 Å². The molecule has 2 heterocycles. The van der Waals surface area contributed by atoms with E-state index in [4.69, 9.17) is 9.26 Å². The van der Waals surface area contributed by atoms with Crippen molar-refractivity contribution in [2.24, 2.45) is 0 Å². The minimum Gasteiger partial charge on any atom is -0.479 e. The van der Waals surface area contributed by atoms with Crippen LogP contribution in [0.3, 0.4) is 0 Å². The summed E-state index contributed by atoms with van der Waals surface area (Å²) < 4.78 is 10.1. The van der Waals surface area contributed by atoms with Gasteiger partial charge in [-0.15, -0.1) is 11.8 Å². The molecule has 0 N–H and O–H groups in total. The monoisotopic (exact) mass is 304 g/mol. The van der Waals surface area contributed by atoms with Crippen molar-refractivity contribution in [1.29, 1.82) is 0 Å². The Hall–Kier alpha value is -1.95. The van der Waals surface area contributed by atoms with Gasteiger partial charge in [0.15, 0.2) is 0 Å². The highest BCUT2D eigenvalue weighted by Crippen LogP contribution is 2.42. The molecular weight excluding hydrogens is 288 g/mol. The van der Waals surface area contributed by atoms with Gasteiger partial charge in [-0.25, -0.2) is 0 Å². The first-order valence-electron chi connectivity index (χ1n) is 6.71. The Kier molecular flexibility index (Phi) is 3.63. The predicted molar refractivity (Wildman–Crippen MR) is 81.1 cm³/mol. The summed E-state index contributed by atoms with van der Waals surface area (Å²) in [4.78, 5) is 15.6. The third-order valence-electron chi connectivity index (χ3n) is 3.65. The van der Waals surface area contributed by atoms with Crippen molar-refractivity contribution in [3.8, 4) is 5.88 Å². The molecule has 1 aromatic carbocycles. The highest BCUT2D eigenvalue weighted by molar-refractivity contribution is 8.00. The number of ether oxygens (including phenoxy) is 1. The molecule has 0 fully saturated rings. The normalized spacial score (nSPS) is 21.0. The number of thioether (sulfide) groups is 1. The molecule has 2 aromatic rings. The van der Waals surface area contributed by atoms with Gasteiger partial charge in [-0.3, -0.25) is 4.79 Å². The number of methoxy groups -OCH3 is 1. The van der Waals surface area contributed by atoms with Gasteiger partial charge in [0.1, 0.15) is 0 Å². The molecule has 110 valence electrons. The van der Waals surface area contributed by atoms with Crippen molar-refractivity contribution in [2.45, 2.75) is 30.0 Å². The lowest BCUT2D eigenvalue weighted by Gasteiger charge is -2.38. The van der Waals surface area contributed by atoms with E-state index in [-0.39, 0.29) is 17.7 Å². The van der Waals surface area contributed by atoms with Crippen LogP contribution in [-0.2, 0) is 0 Å². The van der Waals surface area contributed by atoms with Gasteiger partial charge in [0.25, 0.3) is 11.8 Å². The molecule has 1 aliphatic heterocycles. The molecule has 1 aliphatic rings. The van der Waals surface area contributed by atoms with Crippen molar-refractivity contribution >= 4 is 23.4 Å². The quantitative estimate of drug-likeness (QED) is 0.852. The van der Waals surface area contributed by atoms with E-state index in [2.05, 4.69) is 12.1 Å². The molecule has 3 rings (SSSR count). The van der Waals surface area contributed by atoms with Gasteiger partial charge < -0.3 is 14.2 Å². The summed E-state index contributed by atoms with van der Waals surface area (Å²) in [6.45, 7) is 4.16. The van der Waals surface area contributed by atoms with Gasteiger partial charge in [-0.2, -0.15) is 0 Å². The largest absolute Gasteiger partial charge is 0.479 e. The fourth-order valence-electron chi connectivity index (χ4n) is 2.35. The van der Waals surface area contributed by atoms with E-state index in [1.54, 1.807) is 16.7 Å². The van der Waals surface area contributed by atoms with E-state index in [0.717, 1.165) is 10.6 Å². The molecule has 6 heteroatoms. The molecule has 0 bridgehead atoms. The molecule has 0 unspecified atom stereocenters. The third-order valence-corrected chi connectivity index (χ3v) is 5.02. The number of fused-ring (bicyclic) bond motifs is 1. The van der Waals surface area contributed by atoms with Crippen molar-refractivity contribution in [3.63, 3.8) is 0 Å². The number of carbonyl (C=O) groups excluding carboxylic acids is 1. The standard InChI is InChI=1S/C15H16N2O3S/c1-9-10(2)21-13-7-5-4-6-11(13)17(9)15(18)12-8-14(19-3)16-20-12/h4-10H,1-3H3/t9-,10-/m0/s1. The van der Waals surface area contributed by atoms with Crippen LogP contribution in [-0.4, -0.2) is 29.5 Å². The van der Waals surface area contributed by atoms with E-state index >= 15 is 0 Å². The van der Waals surface area contributed by atoms with E-state index in [9.17, 15) is 4.79 Å². The Balaban J connectivity index is 2.01. The summed E-state index contributed by atoms with van der Waals surface area (Å²) in [5.41, 5.74) is 0.911. The first-order valence-corrected chi connectivity index (χ1v) is 7.59. The third kappa shape index (κ3) is 2.40. The highest BCUT2D eigenvalue weighted by atomic mass is 32.2. The number of carbonyl (C=O) groups is 1. The van der Waals surface area contributed by atoms with E-state index in [0.29, 0.717) is 11.1 Å². The summed E-state index contributed by atoms with van der Waals surface area (Å²) in [6, 6.07) is 9.48. The molecule has 0 saturated heterocycles. The second-order valence-electron chi connectivity index (χ2n) is 4.94. The molecule has 21 heavy (non-hydrogen) atoms. The van der Waals surface area contributed by atoms with Crippen LogP contribution >= 0.6 is 11.8 Å². The summed E-state index contributed by atoms with van der Waals surface area (Å²) in [5.74, 6) is 0.296. The van der Waals surface area contributed by atoms with Crippen molar-refractivity contribution in [2.75, 3.05) is 12.0 Å². The molecule has 0 radical (unpaired) electrons. The first-order chi connectivity index (χ1) is 10.1. The first kappa shape index (κ1) is 14.0. The van der Waals surface area contributed by atoms with Crippen LogP contribution in [0.2, 0.25) is 0 Å². The Morgan fingerprint density at radius 1 is 1.38 bits per heavy atom. The molecule has 0 spiro atoms. The van der Waals surface area contributed by atoms with Crippen LogP contribution in [0.15, 0.2) is 39.8 Å². The maximum atomic E-state index is 12.8. The molecular formula is C15H16N2O3S. The SMILES string of the molecule is COc1cc(C(=O)N2c3ccccc3S[C@@H](C)[C@@H]2C)on1. The van der Waals surface area contributed by atoms with Crippen LogP contribution in [0.4, 0.5) is 5.69 Å². The van der Waals surface area contributed by atoms with Crippen LogP contribution in [0, 0.1) is 0 Å². The number of aromatic nitrogens is 1. The van der Waals surface area contributed by atoms with Crippen LogP contribution in [0.5, 0.6) is 5.88 Å². The lowest BCUT2D eigenvalue weighted by molar-refractivity contribution is 0.0941. The van der Waals surface area contributed by atoms with Gasteiger partial charge in [0, 0.05) is 16.2 Å². The van der Waals surface area contributed by atoms with Crippen LogP contribution in [0.1, 0.15) is 24.4 Å². The lowest BCUT2D eigenvalue weighted by atomic mass is 10.1. The van der Waals surface area contributed by atoms with E-state index in [1.807, 2.05) is 31.2 Å². The average molecular weight is 304 g/mol. The molecule has 5 nitrogen and oxygen atoms in total. The molecule has 1 aromatic heterocycles. The van der Waals surface area contributed by atoms with Crippen molar-refractivity contribution in [3.05, 3.63) is 36.1 Å². The predicted octanol–water partition coefficient (Wildman–Crippen LogP) is 3.21. The lowest BCUT2D eigenvalue weighted by Crippen LogP contribution is -2.46. The number of nitrogens with zero attached hydrogens (tertiary/aromatic N) is 2. The van der Waals surface area contributed by atoms with Gasteiger partial charge >= 0.3 is 0 Å². The second kappa shape index (κ2) is 5.44. The molecule has 0 saturated carbocycles. The number of hydrogen-bond acceptors (Lipinski definition) is 5. The Morgan fingerprint density at radius 2 is 2.14 bits per heavy atom. The van der Waals surface area contributed by atoms with Crippen molar-refractivity contribution in [1.82, 2.24) is 5.16 Å². The Morgan fingerprint density at radius 3 is 2.86 bits per heavy atom. The molecule has 1 amide bonds. The number of rotatable bonds is 2. The zero-order valence-electron chi connectivity index (χ0n) is 12.1. The van der Waals surface area contributed by atoms with E-state index < -0.39 is 0 Å². The number of anilines is 1. The fraction of sp³-hybridized carbons (Fsp3) is 0.333.